The number of benzene rings is 5. The van der Waals surface area contributed by atoms with Crippen molar-refractivity contribution in [1.82, 2.24) is 35.9 Å². The van der Waals surface area contributed by atoms with Gasteiger partial charge in [-0.2, -0.15) is 0 Å². The standard InChI is InChI=1S/C24H29N5O2.C23H32N4O2S.C23H28N4O2S/c25-12-4-7-19(26)24(31)29-21(11-8-17-5-2-1-3-6-17)23(30)16-18-9-10-20-22(15-18)28-14-13-27-20;24-14-6-9-17(25)23(29)27-18(13-12-16-7-2-1-3-8-16)20(28)15-22-26-19-10-4-5-11-21(19)30-22;24-12-4-7-18(25)23(29)27-19(10-8-16-5-2-1-3-6-16)21(28)13-17-9-11-20-22(14-17)30-15-26-20/h1-3,5-6,9-10,13-15,19,21H,4,7-8,11-12,16,25-26H2,(H,29,31);1-3,7-8,17-18H,4-6,9-15,24-25H2,(H,27,29);1-3,5-6,9,11,14-15,18-19H,4,7-8,10,12-13,24-25H2,(H,27,29)/t19-,21+;17-,18+;18-,19+/m000/s1. The van der Waals surface area contributed by atoms with E-state index in [0.29, 0.717) is 96.7 Å². The lowest BCUT2D eigenvalue weighted by Gasteiger charge is -2.20. The van der Waals surface area contributed by atoms with Crippen LogP contribution in [0.25, 0.3) is 21.3 Å². The van der Waals surface area contributed by atoms with Gasteiger partial charge in [-0.05, 0) is 174 Å². The van der Waals surface area contributed by atoms with E-state index in [9.17, 15) is 28.8 Å². The molecule has 15 N–H and O–H groups in total. The molecule has 0 radical (unpaired) electrons. The van der Waals surface area contributed by atoms with Gasteiger partial charge in [-0.3, -0.25) is 38.7 Å². The molecule has 3 amide bonds. The highest BCUT2D eigenvalue weighted by atomic mass is 32.1. The van der Waals surface area contributed by atoms with Gasteiger partial charge in [-0.25, -0.2) is 9.97 Å². The number of nitrogens with one attached hydrogen (secondary N) is 3. The molecule has 0 aliphatic heterocycles. The van der Waals surface area contributed by atoms with Crippen molar-refractivity contribution in [3.63, 3.8) is 0 Å². The van der Waals surface area contributed by atoms with Crippen molar-refractivity contribution in [1.29, 1.82) is 0 Å². The number of nitrogens with two attached hydrogens (primary N) is 6. The fourth-order valence-corrected chi connectivity index (χ4v) is 12.5. The maximum Gasteiger partial charge on any atom is 0.237 e. The Morgan fingerprint density at radius 2 is 0.868 bits per heavy atom. The summed E-state index contributed by atoms with van der Waals surface area (Å²) in [4.78, 5) is 95.8. The first-order valence-corrected chi connectivity index (χ1v) is 33.4. The molecule has 91 heavy (non-hydrogen) atoms. The average molecular weight is 1270 g/mol. The predicted octanol–water partition coefficient (Wildman–Crippen LogP) is 6.83. The number of nitrogens with zero attached hydrogens (tertiary/aromatic N) is 4. The third kappa shape index (κ3) is 23.7. The second-order valence-electron chi connectivity index (χ2n) is 23.0. The summed E-state index contributed by atoms with van der Waals surface area (Å²) < 4.78 is 1.05. The molecule has 9 rings (SSSR count). The van der Waals surface area contributed by atoms with Gasteiger partial charge < -0.3 is 50.4 Å². The normalized spacial score (nSPS) is 13.8. The Hall–Kier alpha value is -7.86. The van der Waals surface area contributed by atoms with E-state index in [1.807, 2.05) is 127 Å². The SMILES string of the molecule is NCCC[C@H](N)C(=O)N[C@H](CCc1ccccc1)C(=O)Cc1ccc2nccnc2c1.NCCC[C@H](N)C(=O)N[C@H](CCc1ccccc1)C(=O)Cc1ccc2ncsc2c1.NCCC[C@H](N)C(=O)N[C@H](CCc1ccccc1)C(=O)Cc1nc2c(s1)CCCC2. The number of thiazole rings is 2. The Bertz CT molecular complexity index is 3530. The van der Waals surface area contributed by atoms with Crippen molar-refractivity contribution in [3.05, 3.63) is 189 Å². The molecule has 0 fully saturated rings. The number of aryl methyl sites for hydroxylation is 5. The number of hydrogen-bond donors (Lipinski definition) is 9. The highest BCUT2D eigenvalue weighted by molar-refractivity contribution is 7.16. The van der Waals surface area contributed by atoms with E-state index in [1.165, 1.54) is 17.7 Å². The Balaban J connectivity index is 0.000000194. The zero-order chi connectivity index (χ0) is 64.7. The molecular formula is C70H89N13O6S2. The van der Waals surface area contributed by atoms with E-state index in [4.69, 9.17) is 39.4 Å². The number of aromatic nitrogens is 4. The molecular weight excluding hydrogens is 1180 g/mol. The minimum atomic E-state index is -0.675. The highest BCUT2D eigenvalue weighted by Crippen LogP contribution is 2.28. The van der Waals surface area contributed by atoms with Crippen LogP contribution >= 0.6 is 22.7 Å². The molecule has 1 aliphatic rings. The van der Waals surface area contributed by atoms with Crippen LogP contribution in [-0.2, 0) is 80.1 Å². The van der Waals surface area contributed by atoms with Crippen molar-refractivity contribution >= 4 is 79.0 Å². The van der Waals surface area contributed by atoms with Crippen LogP contribution in [0.1, 0.15) is 114 Å². The van der Waals surface area contributed by atoms with Crippen LogP contribution in [0.2, 0.25) is 0 Å². The fourth-order valence-electron chi connectivity index (χ4n) is 10.6. The molecule has 6 atom stereocenters. The lowest BCUT2D eigenvalue weighted by Crippen LogP contribution is -2.49. The first-order chi connectivity index (χ1) is 44.2. The summed E-state index contributed by atoms with van der Waals surface area (Å²) in [5.41, 5.74) is 45.0. The van der Waals surface area contributed by atoms with Gasteiger partial charge in [0.1, 0.15) is 5.01 Å². The monoisotopic (exact) mass is 1270 g/mol. The molecule has 8 aromatic rings. The summed E-state index contributed by atoms with van der Waals surface area (Å²) in [5, 5.41) is 9.51. The number of hydrogen-bond acceptors (Lipinski definition) is 18. The first kappa shape index (κ1) is 70.6. The van der Waals surface area contributed by atoms with Crippen molar-refractivity contribution in [3.8, 4) is 0 Å². The summed E-state index contributed by atoms with van der Waals surface area (Å²) >= 11 is 3.20. The largest absolute Gasteiger partial charge is 0.345 e. The summed E-state index contributed by atoms with van der Waals surface area (Å²) in [6, 6.07) is 37.5. The van der Waals surface area contributed by atoms with E-state index in [2.05, 4.69) is 30.9 Å². The predicted molar refractivity (Wildman–Crippen MR) is 363 cm³/mol. The molecule has 0 unspecified atom stereocenters. The Morgan fingerprint density at radius 3 is 1.32 bits per heavy atom. The molecule has 5 aromatic carbocycles. The van der Waals surface area contributed by atoms with Crippen LogP contribution in [0, 0.1) is 0 Å². The summed E-state index contributed by atoms with van der Waals surface area (Å²) in [5.74, 6) is -0.977. The second-order valence-corrected chi connectivity index (χ2v) is 25.1. The molecule has 1 aliphatic carbocycles. The number of Topliss-reactive ketones (excluding diaryl/α,β-unsaturated/α-hetero) is 3. The molecule has 3 aromatic heterocycles. The van der Waals surface area contributed by atoms with Gasteiger partial charge in [-0.15, -0.1) is 22.7 Å². The zero-order valence-electron chi connectivity index (χ0n) is 51.9. The summed E-state index contributed by atoms with van der Waals surface area (Å²) in [6.07, 6.45) is 15.6. The van der Waals surface area contributed by atoms with E-state index in [1.54, 1.807) is 40.6 Å². The molecule has 19 nitrogen and oxygen atoms in total. The van der Waals surface area contributed by atoms with Crippen molar-refractivity contribution < 1.29 is 28.8 Å². The van der Waals surface area contributed by atoms with Crippen LogP contribution < -0.4 is 50.4 Å². The number of carbonyl (C=O) groups is 6. The second kappa shape index (κ2) is 38.1. The van der Waals surface area contributed by atoms with Gasteiger partial charge in [-0.1, -0.05) is 103 Å². The van der Waals surface area contributed by atoms with Crippen LogP contribution in [0.4, 0.5) is 0 Å². The van der Waals surface area contributed by atoms with Gasteiger partial charge in [0.25, 0.3) is 0 Å². The Kier molecular flexibility index (Phi) is 29.6. The van der Waals surface area contributed by atoms with Gasteiger partial charge >= 0.3 is 0 Å². The molecule has 0 spiro atoms. The number of amides is 3. The number of rotatable bonds is 33. The van der Waals surface area contributed by atoms with Crippen LogP contribution in [0.3, 0.4) is 0 Å². The molecule has 21 heteroatoms. The number of carbonyl (C=O) groups excluding carboxylic acids is 6. The summed E-state index contributed by atoms with van der Waals surface area (Å²) in [7, 11) is 0. The van der Waals surface area contributed by atoms with Gasteiger partial charge in [0.15, 0.2) is 17.3 Å². The van der Waals surface area contributed by atoms with Crippen molar-refractivity contribution in [2.75, 3.05) is 19.6 Å². The van der Waals surface area contributed by atoms with E-state index < -0.39 is 36.3 Å². The third-order valence-electron chi connectivity index (χ3n) is 15.9. The lowest BCUT2D eigenvalue weighted by molar-refractivity contribution is -0.128. The highest BCUT2D eigenvalue weighted by Gasteiger charge is 2.28. The summed E-state index contributed by atoms with van der Waals surface area (Å²) in [6.45, 7) is 1.45. The van der Waals surface area contributed by atoms with E-state index in [-0.39, 0.29) is 54.3 Å². The lowest BCUT2D eigenvalue weighted by atomic mass is 9.97. The van der Waals surface area contributed by atoms with Crippen molar-refractivity contribution in [2.45, 2.75) is 158 Å². The molecule has 0 saturated carbocycles. The van der Waals surface area contributed by atoms with Gasteiger partial charge in [0.05, 0.1) is 75.1 Å². The van der Waals surface area contributed by atoms with Gasteiger partial charge in [0.2, 0.25) is 17.7 Å². The maximum atomic E-state index is 13.1. The molecule has 0 bridgehead atoms. The first-order valence-electron chi connectivity index (χ1n) is 31.7. The van der Waals surface area contributed by atoms with Gasteiger partial charge in [0, 0.05) is 30.1 Å². The van der Waals surface area contributed by atoms with E-state index in [0.717, 1.165) is 72.6 Å². The van der Waals surface area contributed by atoms with Crippen LogP contribution in [0.5, 0.6) is 0 Å². The van der Waals surface area contributed by atoms with Crippen LogP contribution in [-0.4, -0.2) is 111 Å². The Morgan fingerprint density at radius 1 is 0.451 bits per heavy atom. The third-order valence-corrected chi connectivity index (χ3v) is 17.8. The molecule has 482 valence electrons. The quantitative estimate of drug-likeness (QED) is 0.0203. The average Bonchev–Trinajstić information content (AvgIpc) is 2.19. The maximum absolute atomic E-state index is 13.1. The minimum Gasteiger partial charge on any atom is -0.345 e. The fraction of sp³-hybridized carbons (Fsp3) is 0.400. The number of fused-ring (bicyclic) bond motifs is 3. The molecule has 0 saturated heterocycles. The van der Waals surface area contributed by atoms with E-state index >= 15 is 0 Å². The topological polar surface area (TPSA) is 346 Å². The zero-order valence-corrected chi connectivity index (χ0v) is 53.5. The van der Waals surface area contributed by atoms with Crippen molar-refractivity contribution in [2.24, 2.45) is 34.4 Å². The minimum absolute atomic E-state index is 0.00333. The molecule has 3 heterocycles. The Labute approximate surface area is 541 Å². The smallest absolute Gasteiger partial charge is 0.237 e. The van der Waals surface area contributed by atoms with Crippen LogP contribution in [0.15, 0.2) is 145 Å². The number of ketones is 3.